The van der Waals surface area contributed by atoms with E-state index in [0.717, 1.165) is 51.7 Å². The summed E-state index contributed by atoms with van der Waals surface area (Å²) in [6.07, 6.45) is 5.63. The molecule has 1 aromatic carbocycles. The Morgan fingerprint density at radius 3 is 2.79 bits per heavy atom. The minimum absolute atomic E-state index is 0.0967. The number of hydrogen-bond acceptors (Lipinski definition) is 2. The fourth-order valence-electron chi connectivity index (χ4n) is 3.56. The van der Waals surface area contributed by atoms with Gasteiger partial charge in [0.05, 0.1) is 10.7 Å². The zero-order chi connectivity index (χ0) is 16.9. The van der Waals surface area contributed by atoms with E-state index in [2.05, 4.69) is 5.32 Å². The number of para-hydroxylation sites is 1. The molecule has 0 radical (unpaired) electrons. The predicted molar refractivity (Wildman–Crippen MR) is 95.2 cm³/mol. The van der Waals surface area contributed by atoms with E-state index in [1.54, 1.807) is 6.07 Å². The fourth-order valence-corrected chi connectivity index (χ4v) is 3.75. The molecule has 1 atom stereocenters. The number of benzene rings is 1. The molecule has 2 aliphatic rings. The van der Waals surface area contributed by atoms with Crippen LogP contribution < -0.4 is 5.32 Å². The molecule has 24 heavy (non-hydrogen) atoms. The summed E-state index contributed by atoms with van der Waals surface area (Å²) in [4.78, 5) is 28.3. The second-order valence-corrected chi connectivity index (χ2v) is 6.93. The van der Waals surface area contributed by atoms with Gasteiger partial charge in [0.15, 0.2) is 0 Å². The van der Waals surface area contributed by atoms with Crippen molar-refractivity contribution < 1.29 is 9.59 Å². The molecule has 2 saturated heterocycles. The van der Waals surface area contributed by atoms with Gasteiger partial charge in [-0.3, -0.25) is 4.79 Å². The highest BCUT2D eigenvalue weighted by Crippen LogP contribution is 2.25. The average Bonchev–Trinajstić information content (AvgIpc) is 3.00. The molecule has 5 nitrogen and oxygen atoms in total. The van der Waals surface area contributed by atoms with E-state index in [-0.39, 0.29) is 18.0 Å². The monoisotopic (exact) mass is 349 g/mol. The number of nitrogens with zero attached hydrogens (tertiary/aromatic N) is 2. The quantitative estimate of drug-likeness (QED) is 0.900. The van der Waals surface area contributed by atoms with Crippen LogP contribution in [0.5, 0.6) is 0 Å². The molecule has 0 spiro atoms. The smallest absolute Gasteiger partial charge is 0.322 e. The molecule has 1 N–H and O–H groups in total. The summed E-state index contributed by atoms with van der Waals surface area (Å²) in [5.41, 5.74) is 0.642. The molecule has 3 rings (SSSR count). The summed E-state index contributed by atoms with van der Waals surface area (Å²) in [6, 6.07) is 7.37. The molecular formula is C18H24ClN3O2. The van der Waals surface area contributed by atoms with Crippen molar-refractivity contribution in [3.05, 3.63) is 29.3 Å². The number of urea groups is 1. The zero-order valence-electron chi connectivity index (χ0n) is 13.8. The number of amides is 3. The second kappa shape index (κ2) is 7.88. The van der Waals surface area contributed by atoms with E-state index >= 15 is 0 Å². The Morgan fingerprint density at radius 2 is 2.04 bits per heavy atom. The number of likely N-dealkylation sites (tertiary alicyclic amines) is 2. The number of nitrogens with one attached hydrogen (secondary N) is 1. The van der Waals surface area contributed by atoms with E-state index in [9.17, 15) is 9.59 Å². The molecule has 0 saturated carbocycles. The Balaban J connectivity index is 1.60. The van der Waals surface area contributed by atoms with Crippen molar-refractivity contribution in [3.63, 3.8) is 0 Å². The maximum atomic E-state index is 12.7. The van der Waals surface area contributed by atoms with E-state index in [1.165, 1.54) is 0 Å². The van der Waals surface area contributed by atoms with Crippen molar-refractivity contribution in [1.29, 1.82) is 0 Å². The normalized spacial score (nSPS) is 21.2. The van der Waals surface area contributed by atoms with Crippen LogP contribution in [0.2, 0.25) is 5.02 Å². The minimum Gasteiger partial charge on any atom is -0.343 e. The van der Waals surface area contributed by atoms with Crippen molar-refractivity contribution in [2.24, 2.45) is 0 Å². The summed E-state index contributed by atoms with van der Waals surface area (Å²) in [5.74, 6) is 0.248. The Kier molecular flexibility index (Phi) is 5.61. The molecule has 1 aromatic rings. The Bertz CT molecular complexity index is 608. The zero-order valence-corrected chi connectivity index (χ0v) is 14.6. The highest BCUT2D eigenvalue weighted by Gasteiger charge is 2.28. The minimum atomic E-state index is -0.0967. The van der Waals surface area contributed by atoms with Crippen LogP contribution in [0.4, 0.5) is 10.5 Å². The van der Waals surface area contributed by atoms with Crippen LogP contribution in [0.15, 0.2) is 24.3 Å². The van der Waals surface area contributed by atoms with Gasteiger partial charge in [-0.25, -0.2) is 4.79 Å². The molecule has 0 unspecified atom stereocenters. The van der Waals surface area contributed by atoms with Crippen LogP contribution in [0.3, 0.4) is 0 Å². The number of piperidine rings is 1. The maximum Gasteiger partial charge on any atom is 0.322 e. The summed E-state index contributed by atoms with van der Waals surface area (Å²) in [5, 5.41) is 3.46. The first-order valence-electron chi connectivity index (χ1n) is 8.75. The van der Waals surface area contributed by atoms with E-state index in [0.29, 0.717) is 17.1 Å². The van der Waals surface area contributed by atoms with Crippen molar-refractivity contribution >= 4 is 29.2 Å². The van der Waals surface area contributed by atoms with Crippen LogP contribution >= 0.6 is 11.6 Å². The van der Waals surface area contributed by atoms with E-state index < -0.39 is 0 Å². The van der Waals surface area contributed by atoms with E-state index in [1.807, 2.05) is 28.0 Å². The number of hydrogen-bond donors (Lipinski definition) is 1. The summed E-state index contributed by atoms with van der Waals surface area (Å²) in [6.45, 7) is 2.37. The number of rotatable bonds is 4. The van der Waals surface area contributed by atoms with Crippen LogP contribution in [0.1, 0.15) is 38.5 Å². The SMILES string of the molecule is O=C1CCCN1CC[C@H]1CCCCN1C(=O)Nc1ccccc1Cl. The van der Waals surface area contributed by atoms with Gasteiger partial charge in [0.25, 0.3) is 0 Å². The number of carbonyl (C=O) groups is 2. The van der Waals surface area contributed by atoms with Gasteiger partial charge in [0.1, 0.15) is 0 Å². The Labute approximate surface area is 147 Å². The molecule has 2 fully saturated rings. The van der Waals surface area contributed by atoms with Crippen molar-refractivity contribution in [2.75, 3.05) is 25.0 Å². The third-order valence-electron chi connectivity index (χ3n) is 4.91. The van der Waals surface area contributed by atoms with Gasteiger partial charge < -0.3 is 15.1 Å². The molecule has 2 aliphatic heterocycles. The highest BCUT2D eigenvalue weighted by molar-refractivity contribution is 6.33. The third kappa shape index (κ3) is 4.01. The van der Waals surface area contributed by atoms with Crippen molar-refractivity contribution in [1.82, 2.24) is 9.80 Å². The first-order chi connectivity index (χ1) is 11.6. The fraction of sp³-hybridized carbons (Fsp3) is 0.556. The first kappa shape index (κ1) is 17.1. The lowest BCUT2D eigenvalue weighted by Crippen LogP contribution is -2.47. The lowest BCUT2D eigenvalue weighted by Gasteiger charge is -2.36. The Hall–Kier alpha value is -1.75. The van der Waals surface area contributed by atoms with Crippen molar-refractivity contribution in [2.45, 2.75) is 44.6 Å². The molecule has 0 aliphatic carbocycles. The molecule has 3 amide bonds. The van der Waals surface area contributed by atoms with Gasteiger partial charge in [-0.2, -0.15) is 0 Å². The first-order valence-corrected chi connectivity index (χ1v) is 9.13. The molecule has 6 heteroatoms. The second-order valence-electron chi connectivity index (χ2n) is 6.53. The van der Waals surface area contributed by atoms with E-state index in [4.69, 9.17) is 11.6 Å². The molecule has 2 heterocycles. The highest BCUT2D eigenvalue weighted by atomic mass is 35.5. The largest absolute Gasteiger partial charge is 0.343 e. The lowest BCUT2D eigenvalue weighted by atomic mass is 9.99. The topological polar surface area (TPSA) is 52.7 Å². The molecular weight excluding hydrogens is 326 g/mol. The van der Waals surface area contributed by atoms with Gasteiger partial charge in [-0.05, 0) is 44.2 Å². The molecule has 0 bridgehead atoms. The molecule has 0 aromatic heterocycles. The van der Waals surface area contributed by atoms with Crippen LogP contribution in [-0.2, 0) is 4.79 Å². The standard InChI is InChI=1S/C18H24ClN3O2/c19-15-7-1-2-8-16(15)20-18(24)22-12-4-3-6-14(22)10-13-21-11-5-9-17(21)23/h1-2,7-8,14H,3-6,9-13H2,(H,20,24)/t14-/m1/s1. The summed E-state index contributed by atoms with van der Waals surface area (Å²) >= 11 is 6.13. The van der Waals surface area contributed by atoms with Gasteiger partial charge >= 0.3 is 6.03 Å². The van der Waals surface area contributed by atoms with Crippen molar-refractivity contribution in [3.8, 4) is 0 Å². The summed E-state index contributed by atoms with van der Waals surface area (Å²) < 4.78 is 0. The number of carbonyl (C=O) groups excluding carboxylic acids is 2. The summed E-state index contributed by atoms with van der Waals surface area (Å²) in [7, 11) is 0. The molecule has 130 valence electrons. The van der Waals surface area contributed by atoms with Gasteiger partial charge in [0.2, 0.25) is 5.91 Å². The Morgan fingerprint density at radius 1 is 1.21 bits per heavy atom. The maximum absolute atomic E-state index is 12.7. The number of anilines is 1. The number of halogens is 1. The lowest BCUT2D eigenvalue weighted by molar-refractivity contribution is -0.127. The van der Waals surface area contributed by atoms with Gasteiger partial charge in [-0.15, -0.1) is 0 Å². The van der Waals surface area contributed by atoms with Gasteiger partial charge in [0, 0.05) is 32.1 Å². The average molecular weight is 350 g/mol. The van der Waals surface area contributed by atoms with Crippen LogP contribution in [-0.4, -0.2) is 47.4 Å². The predicted octanol–water partition coefficient (Wildman–Crippen LogP) is 3.74. The van der Waals surface area contributed by atoms with Crippen LogP contribution in [0, 0.1) is 0 Å². The van der Waals surface area contributed by atoms with Gasteiger partial charge in [-0.1, -0.05) is 23.7 Å². The third-order valence-corrected chi connectivity index (χ3v) is 5.24. The van der Waals surface area contributed by atoms with Crippen LogP contribution in [0.25, 0.3) is 0 Å².